The fraction of sp³-hybridized carbons (Fsp3) is 0.0833. The van der Waals surface area contributed by atoms with Gasteiger partial charge in [0.05, 0.1) is 0 Å². The van der Waals surface area contributed by atoms with Crippen LogP contribution in [0.1, 0.15) is 5.56 Å². The number of pyridine rings is 1. The molecule has 82 valence electrons. The van der Waals surface area contributed by atoms with Gasteiger partial charge >= 0.3 is 0 Å². The summed E-state index contributed by atoms with van der Waals surface area (Å²) in [6, 6.07) is 11.5. The van der Waals surface area contributed by atoms with Crippen molar-refractivity contribution in [1.82, 2.24) is 4.98 Å². The van der Waals surface area contributed by atoms with E-state index in [2.05, 4.69) is 10.3 Å². The molecule has 2 aromatic rings. The van der Waals surface area contributed by atoms with E-state index in [1.165, 1.54) is 5.56 Å². The van der Waals surface area contributed by atoms with E-state index < -0.39 is 0 Å². The van der Waals surface area contributed by atoms with E-state index in [0.29, 0.717) is 10.3 Å². The van der Waals surface area contributed by atoms with Crippen molar-refractivity contribution in [3.63, 3.8) is 0 Å². The molecule has 1 N–H and O–H groups in total. The van der Waals surface area contributed by atoms with Crippen molar-refractivity contribution in [3.05, 3.63) is 52.3 Å². The highest BCUT2D eigenvalue weighted by Crippen LogP contribution is 2.22. The molecule has 0 saturated carbocycles. The molecule has 2 rings (SSSR count). The monoisotopic (exact) mass is 252 g/mol. The van der Waals surface area contributed by atoms with Crippen molar-refractivity contribution in [1.29, 1.82) is 0 Å². The van der Waals surface area contributed by atoms with E-state index in [-0.39, 0.29) is 0 Å². The van der Waals surface area contributed by atoms with E-state index in [1.807, 2.05) is 31.2 Å². The molecule has 1 heterocycles. The SMILES string of the molecule is Cc1ccc(Nc2cc(Cl)nc(Cl)c2)cc1. The van der Waals surface area contributed by atoms with Crippen LogP contribution in [0.3, 0.4) is 0 Å². The number of rotatable bonds is 2. The predicted molar refractivity (Wildman–Crippen MR) is 68.7 cm³/mol. The topological polar surface area (TPSA) is 24.9 Å². The Hall–Kier alpha value is -1.25. The first kappa shape index (κ1) is 11.2. The molecule has 0 fully saturated rings. The first-order valence-electron chi connectivity index (χ1n) is 4.80. The van der Waals surface area contributed by atoms with Gasteiger partial charge in [-0.1, -0.05) is 40.9 Å². The van der Waals surface area contributed by atoms with Crippen molar-refractivity contribution in [3.8, 4) is 0 Å². The quantitative estimate of drug-likeness (QED) is 0.800. The minimum atomic E-state index is 0.377. The van der Waals surface area contributed by atoms with Crippen LogP contribution in [-0.4, -0.2) is 4.98 Å². The molecule has 0 unspecified atom stereocenters. The summed E-state index contributed by atoms with van der Waals surface area (Å²) in [6.45, 7) is 2.05. The average Bonchev–Trinajstić information content (AvgIpc) is 2.20. The number of halogens is 2. The maximum absolute atomic E-state index is 5.81. The van der Waals surface area contributed by atoms with E-state index >= 15 is 0 Å². The first-order chi connectivity index (χ1) is 7.63. The normalized spacial score (nSPS) is 10.2. The van der Waals surface area contributed by atoms with Crippen LogP contribution >= 0.6 is 23.2 Å². The maximum Gasteiger partial charge on any atom is 0.132 e. The molecule has 1 aromatic heterocycles. The van der Waals surface area contributed by atoms with E-state index in [1.54, 1.807) is 12.1 Å². The van der Waals surface area contributed by atoms with Gasteiger partial charge in [-0.25, -0.2) is 4.98 Å². The average molecular weight is 253 g/mol. The summed E-state index contributed by atoms with van der Waals surface area (Å²) < 4.78 is 0. The summed E-state index contributed by atoms with van der Waals surface area (Å²) >= 11 is 11.6. The number of benzene rings is 1. The lowest BCUT2D eigenvalue weighted by Gasteiger charge is -2.07. The zero-order valence-corrected chi connectivity index (χ0v) is 10.2. The second kappa shape index (κ2) is 4.73. The highest BCUT2D eigenvalue weighted by atomic mass is 35.5. The van der Waals surface area contributed by atoms with Crippen LogP contribution in [0.5, 0.6) is 0 Å². The third-order valence-electron chi connectivity index (χ3n) is 2.10. The summed E-state index contributed by atoms with van der Waals surface area (Å²) in [5.41, 5.74) is 3.04. The molecule has 4 heteroatoms. The lowest BCUT2D eigenvalue weighted by Crippen LogP contribution is -1.91. The van der Waals surface area contributed by atoms with Gasteiger partial charge in [0.25, 0.3) is 0 Å². The van der Waals surface area contributed by atoms with Gasteiger partial charge in [-0.2, -0.15) is 0 Å². The standard InChI is InChI=1S/C12H10Cl2N2/c1-8-2-4-9(5-3-8)15-10-6-11(13)16-12(14)7-10/h2-7H,1H3,(H,15,16). The third-order valence-corrected chi connectivity index (χ3v) is 2.49. The molecular formula is C12H10Cl2N2. The Balaban J connectivity index is 2.23. The van der Waals surface area contributed by atoms with Crippen LogP contribution in [0.2, 0.25) is 10.3 Å². The summed E-state index contributed by atoms with van der Waals surface area (Å²) in [4.78, 5) is 3.88. The van der Waals surface area contributed by atoms with Gasteiger partial charge < -0.3 is 5.32 Å². The molecule has 2 nitrogen and oxygen atoms in total. The number of anilines is 2. The van der Waals surface area contributed by atoms with Gasteiger partial charge in [-0.3, -0.25) is 0 Å². The first-order valence-corrected chi connectivity index (χ1v) is 5.56. The largest absolute Gasteiger partial charge is 0.355 e. The van der Waals surface area contributed by atoms with Gasteiger partial charge in [0.2, 0.25) is 0 Å². The Bertz CT molecular complexity index is 475. The van der Waals surface area contributed by atoms with Crippen molar-refractivity contribution >= 4 is 34.6 Å². The van der Waals surface area contributed by atoms with Crippen LogP contribution in [0.25, 0.3) is 0 Å². The summed E-state index contributed by atoms with van der Waals surface area (Å²) in [5.74, 6) is 0. The smallest absolute Gasteiger partial charge is 0.132 e. The maximum atomic E-state index is 5.81. The number of aromatic nitrogens is 1. The minimum absolute atomic E-state index is 0.377. The van der Waals surface area contributed by atoms with Crippen molar-refractivity contribution in [2.24, 2.45) is 0 Å². The molecular weight excluding hydrogens is 243 g/mol. The Morgan fingerprint density at radius 1 is 0.938 bits per heavy atom. The van der Waals surface area contributed by atoms with Crippen LogP contribution in [-0.2, 0) is 0 Å². The summed E-state index contributed by atoms with van der Waals surface area (Å²) in [5, 5.41) is 3.96. The van der Waals surface area contributed by atoms with Crippen LogP contribution < -0.4 is 5.32 Å². The van der Waals surface area contributed by atoms with E-state index in [4.69, 9.17) is 23.2 Å². The van der Waals surface area contributed by atoms with Crippen molar-refractivity contribution < 1.29 is 0 Å². The van der Waals surface area contributed by atoms with E-state index in [0.717, 1.165) is 11.4 Å². The van der Waals surface area contributed by atoms with Crippen LogP contribution in [0.15, 0.2) is 36.4 Å². The molecule has 0 aliphatic rings. The van der Waals surface area contributed by atoms with Gasteiger partial charge in [-0.15, -0.1) is 0 Å². The number of hydrogen-bond acceptors (Lipinski definition) is 2. The molecule has 1 aromatic carbocycles. The molecule has 0 aliphatic carbocycles. The highest BCUT2D eigenvalue weighted by Gasteiger charge is 1.99. The van der Waals surface area contributed by atoms with Gasteiger partial charge in [0.15, 0.2) is 0 Å². The zero-order chi connectivity index (χ0) is 11.5. The molecule has 0 aliphatic heterocycles. The lowest BCUT2D eigenvalue weighted by atomic mass is 10.2. The zero-order valence-electron chi connectivity index (χ0n) is 8.67. The summed E-state index contributed by atoms with van der Waals surface area (Å²) in [6.07, 6.45) is 0. The molecule has 0 spiro atoms. The molecule has 0 amide bonds. The molecule has 0 radical (unpaired) electrons. The van der Waals surface area contributed by atoms with Crippen molar-refractivity contribution in [2.75, 3.05) is 5.32 Å². The van der Waals surface area contributed by atoms with Crippen molar-refractivity contribution in [2.45, 2.75) is 6.92 Å². The number of hydrogen-bond donors (Lipinski definition) is 1. The molecule has 0 bridgehead atoms. The number of nitrogens with zero attached hydrogens (tertiary/aromatic N) is 1. The fourth-order valence-electron chi connectivity index (χ4n) is 1.34. The fourth-order valence-corrected chi connectivity index (χ4v) is 1.80. The predicted octanol–water partition coefficient (Wildman–Crippen LogP) is 4.44. The molecule has 0 atom stereocenters. The van der Waals surface area contributed by atoms with Gasteiger partial charge in [0, 0.05) is 11.4 Å². The van der Waals surface area contributed by atoms with Crippen LogP contribution in [0.4, 0.5) is 11.4 Å². The minimum Gasteiger partial charge on any atom is -0.355 e. The Morgan fingerprint density at radius 3 is 2.06 bits per heavy atom. The molecule has 16 heavy (non-hydrogen) atoms. The van der Waals surface area contributed by atoms with E-state index in [9.17, 15) is 0 Å². The van der Waals surface area contributed by atoms with Gasteiger partial charge in [0.1, 0.15) is 10.3 Å². The third kappa shape index (κ3) is 2.87. The number of aryl methyl sites for hydroxylation is 1. The van der Waals surface area contributed by atoms with Crippen LogP contribution in [0, 0.1) is 6.92 Å². The molecule has 0 saturated heterocycles. The summed E-state index contributed by atoms with van der Waals surface area (Å²) in [7, 11) is 0. The second-order valence-electron chi connectivity index (χ2n) is 3.49. The Morgan fingerprint density at radius 2 is 1.50 bits per heavy atom. The Kier molecular flexibility index (Phi) is 3.32. The lowest BCUT2D eigenvalue weighted by molar-refractivity contribution is 1.32. The van der Waals surface area contributed by atoms with Gasteiger partial charge in [-0.05, 0) is 31.2 Å². The highest BCUT2D eigenvalue weighted by molar-refractivity contribution is 6.32. The number of nitrogens with one attached hydrogen (secondary N) is 1. The second-order valence-corrected chi connectivity index (χ2v) is 4.27. The Labute approximate surface area is 104 Å².